The molecule has 1 aliphatic rings. The first-order valence-corrected chi connectivity index (χ1v) is 9.42. The number of hydrogen-bond acceptors (Lipinski definition) is 6. The van der Waals surface area contributed by atoms with Gasteiger partial charge in [0.2, 0.25) is 5.95 Å². The van der Waals surface area contributed by atoms with Crippen molar-refractivity contribution in [2.45, 2.75) is 13.5 Å². The highest BCUT2D eigenvalue weighted by Crippen LogP contribution is 2.20. The van der Waals surface area contributed by atoms with Gasteiger partial charge in [-0.3, -0.25) is 0 Å². The quantitative estimate of drug-likeness (QED) is 0.736. The first kappa shape index (κ1) is 18.2. The van der Waals surface area contributed by atoms with Gasteiger partial charge in [0.1, 0.15) is 5.82 Å². The Labute approximate surface area is 164 Å². The second-order valence-corrected chi connectivity index (χ2v) is 6.93. The van der Waals surface area contributed by atoms with Crippen molar-refractivity contribution in [3.05, 3.63) is 71.7 Å². The zero-order valence-electron chi connectivity index (χ0n) is 15.8. The molecule has 2 heterocycles. The standard InChI is InChI=1S/C21H23FN6/c1-16-3-2-4-19(13-16)27-9-11-28(12-10-27)20-15-24-26-21(25-20)23-14-17-5-7-18(22)8-6-17/h2-8,13,15H,9-12,14H2,1H3,(H,23,25,26). The lowest BCUT2D eigenvalue weighted by molar-refractivity contribution is 0.627. The molecule has 0 bridgehead atoms. The minimum atomic E-state index is -0.242. The van der Waals surface area contributed by atoms with Crippen molar-refractivity contribution in [1.29, 1.82) is 0 Å². The third-order valence-corrected chi connectivity index (χ3v) is 4.88. The van der Waals surface area contributed by atoms with Crippen molar-refractivity contribution in [3.8, 4) is 0 Å². The predicted molar refractivity (Wildman–Crippen MR) is 109 cm³/mol. The molecule has 144 valence electrons. The van der Waals surface area contributed by atoms with Gasteiger partial charge in [-0.1, -0.05) is 24.3 Å². The highest BCUT2D eigenvalue weighted by molar-refractivity contribution is 5.51. The van der Waals surface area contributed by atoms with Crippen molar-refractivity contribution < 1.29 is 4.39 Å². The Morgan fingerprint density at radius 2 is 1.75 bits per heavy atom. The summed E-state index contributed by atoms with van der Waals surface area (Å²) in [5.74, 6) is 1.05. The Kier molecular flexibility index (Phi) is 5.32. The maximum Gasteiger partial charge on any atom is 0.244 e. The number of aryl methyl sites for hydroxylation is 1. The van der Waals surface area contributed by atoms with Crippen LogP contribution in [0.3, 0.4) is 0 Å². The van der Waals surface area contributed by atoms with E-state index in [-0.39, 0.29) is 5.82 Å². The fourth-order valence-electron chi connectivity index (χ4n) is 3.32. The fraction of sp³-hybridized carbons (Fsp3) is 0.286. The van der Waals surface area contributed by atoms with E-state index in [0.29, 0.717) is 12.5 Å². The van der Waals surface area contributed by atoms with Crippen LogP contribution < -0.4 is 15.1 Å². The maximum atomic E-state index is 13.0. The molecule has 1 aromatic heterocycles. The molecule has 1 N–H and O–H groups in total. The van der Waals surface area contributed by atoms with Crippen LogP contribution in [-0.2, 0) is 6.54 Å². The molecule has 28 heavy (non-hydrogen) atoms. The molecule has 1 aliphatic heterocycles. The Bertz CT molecular complexity index is 922. The molecular weight excluding hydrogens is 355 g/mol. The van der Waals surface area contributed by atoms with E-state index in [1.807, 2.05) is 0 Å². The van der Waals surface area contributed by atoms with Gasteiger partial charge in [0.05, 0.1) is 6.20 Å². The van der Waals surface area contributed by atoms with Gasteiger partial charge in [0.25, 0.3) is 0 Å². The predicted octanol–water partition coefficient (Wildman–Crippen LogP) is 3.26. The molecule has 6 nitrogen and oxygen atoms in total. The highest BCUT2D eigenvalue weighted by Gasteiger charge is 2.19. The van der Waals surface area contributed by atoms with Gasteiger partial charge >= 0.3 is 0 Å². The molecular formula is C21H23FN6. The Hall–Kier alpha value is -3.22. The molecule has 0 unspecified atom stereocenters. The van der Waals surface area contributed by atoms with E-state index in [9.17, 15) is 4.39 Å². The fourth-order valence-corrected chi connectivity index (χ4v) is 3.32. The van der Waals surface area contributed by atoms with Gasteiger partial charge in [-0.2, -0.15) is 10.1 Å². The minimum Gasteiger partial charge on any atom is -0.368 e. The number of hydrogen-bond donors (Lipinski definition) is 1. The largest absolute Gasteiger partial charge is 0.368 e. The van der Waals surface area contributed by atoms with Crippen molar-refractivity contribution in [2.24, 2.45) is 0 Å². The second-order valence-electron chi connectivity index (χ2n) is 6.93. The van der Waals surface area contributed by atoms with Crippen LogP contribution in [0, 0.1) is 12.7 Å². The van der Waals surface area contributed by atoms with E-state index < -0.39 is 0 Å². The van der Waals surface area contributed by atoms with Crippen molar-refractivity contribution in [2.75, 3.05) is 41.3 Å². The average molecular weight is 378 g/mol. The maximum absolute atomic E-state index is 13.0. The molecule has 1 saturated heterocycles. The van der Waals surface area contributed by atoms with E-state index in [1.54, 1.807) is 18.3 Å². The molecule has 0 atom stereocenters. The van der Waals surface area contributed by atoms with Gasteiger partial charge < -0.3 is 15.1 Å². The zero-order chi connectivity index (χ0) is 19.3. The zero-order valence-corrected chi connectivity index (χ0v) is 15.8. The number of anilines is 3. The summed E-state index contributed by atoms with van der Waals surface area (Å²) in [6.07, 6.45) is 1.70. The van der Waals surface area contributed by atoms with E-state index in [4.69, 9.17) is 0 Å². The van der Waals surface area contributed by atoms with Gasteiger partial charge in [-0.25, -0.2) is 4.39 Å². The molecule has 7 heteroatoms. The smallest absolute Gasteiger partial charge is 0.244 e. The number of rotatable bonds is 5. The molecule has 3 aromatic rings. The Morgan fingerprint density at radius 3 is 2.50 bits per heavy atom. The van der Waals surface area contributed by atoms with Crippen molar-refractivity contribution in [1.82, 2.24) is 15.2 Å². The lowest BCUT2D eigenvalue weighted by Gasteiger charge is -2.36. The van der Waals surface area contributed by atoms with Crippen LogP contribution in [0.25, 0.3) is 0 Å². The summed E-state index contributed by atoms with van der Waals surface area (Å²) in [6.45, 7) is 6.27. The van der Waals surface area contributed by atoms with Gasteiger partial charge in [-0.05, 0) is 42.3 Å². The van der Waals surface area contributed by atoms with Gasteiger partial charge in [0.15, 0.2) is 5.82 Å². The first-order chi connectivity index (χ1) is 13.7. The number of aromatic nitrogens is 3. The highest BCUT2D eigenvalue weighted by atomic mass is 19.1. The molecule has 0 saturated carbocycles. The molecule has 0 aliphatic carbocycles. The summed E-state index contributed by atoms with van der Waals surface area (Å²) in [5, 5.41) is 11.3. The minimum absolute atomic E-state index is 0.242. The normalized spacial score (nSPS) is 14.2. The number of halogens is 1. The average Bonchev–Trinajstić information content (AvgIpc) is 2.74. The summed E-state index contributed by atoms with van der Waals surface area (Å²) in [7, 11) is 0. The lowest BCUT2D eigenvalue weighted by atomic mass is 10.2. The van der Waals surface area contributed by atoms with Crippen LogP contribution in [0.15, 0.2) is 54.7 Å². The van der Waals surface area contributed by atoms with Crippen LogP contribution in [0.5, 0.6) is 0 Å². The van der Waals surface area contributed by atoms with Crippen LogP contribution >= 0.6 is 0 Å². The number of nitrogens with zero attached hydrogens (tertiary/aromatic N) is 5. The molecule has 2 aromatic carbocycles. The first-order valence-electron chi connectivity index (χ1n) is 9.42. The third kappa shape index (κ3) is 4.36. The summed E-state index contributed by atoms with van der Waals surface area (Å²) in [5.41, 5.74) is 3.50. The van der Waals surface area contributed by atoms with E-state index in [1.165, 1.54) is 23.4 Å². The van der Waals surface area contributed by atoms with Crippen LogP contribution in [0.1, 0.15) is 11.1 Å². The molecule has 1 fully saturated rings. The monoisotopic (exact) mass is 378 g/mol. The molecule has 0 amide bonds. The molecule has 0 spiro atoms. The van der Waals surface area contributed by atoms with Crippen molar-refractivity contribution >= 4 is 17.5 Å². The summed E-state index contributed by atoms with van der Waals surface area (Å²) in [6, 6.07) is 15.0. The summed E-state index contributed by atoms with van der Waals surface area (Å²) in [4.78, 5) is 9.21. The number of nitrogens with one attached hydrogen (secondary N) is 1. The molecule has 4 rings (SSSR count). The van der Waals surface area contributed by atoms with Crippen molar-refractivity contribution in [3.63, 3.8) is 0 Å². The number of benzene rings is 2. The topological polar surface area (TPSA) is 57.2 Å². The van der Waals surface area contributed by atoms with E-state index >= 15 is 0 Å². The Balaban J connectivity index is 1.36. The second kappa shape index (κ2) is 8.21. The summed E-state index contributed by atoms with van der Waals surface area (Å²) < 4.78 is 13.0. The van der Waals surface area contributed by atoms with E-state index in [2.05, 4.69) is 61.5 Å². The third-order valence-electron chi connectivity index (χ3n) is 4.88. The Morgan fingerprint density at radius 1 is 1.00 bits per heavy atom. The van der Waals surface area contributed by atoms with Crippen LogP contribution in [0.4, 0.5) is 21.8 Å². The van der Waals surface area contributed by atoms with Gasteiger partial charge in [-0.15, -0.1) is 5.10 Å². The molecule has 0 radical (unpaired) electrons. The van der Waals surface area contributed by atoms with Crippen LogP contribution in [-0.4, -0.2) is 41.4 Å². The SMILES string of the molecule is Cc1cccc(N2CCN(c3cnnc(NCc4ccc(F)cc4)n3)CC2)c1. The van der Waals surface area contributed by atoms with E-state index in [0.717, 1.165) is 37.6 Å². The number of piperazine rings is 1. The summed E-state index contributed by atoms with van der Waals surface area (Å²) >= 11 is 0. The van der Waals surface area contributed by atoms with Crippen LogP contribution in [0.2, 0.25) is 0 Å². The van der Waals surface area contributed by atoms with Gasteiger partial charge in [0, 0.05) is 38.4 Å². The lowest BCUT2D eigenvalue weighted by Crippen LogP contribution is -2.47.